The molecule has 0 N–H and O–H groups in total. The Morgan fingerprint density at radius 2 is 1.72 bits per heavy atom. The molecule has 0 aromatic carbocycles. The number of hydrogen-bond donors (Lipinski definition) is 0. The van der Waals surface area contributed by atoms with E-state index in [-0.39, 0.29) is 17.6 Å². The third-order valence-corrected chi connectivity index (χ3v) is 4.65. The summed E-state index contributed by atoms with van der Waals surface area (Å²) in [6.07, 6.45) is 0.408. The maximum Gasteiger partial charge on any atom is 0.354 e. The Morgan fingerprint density at radius 1 is 1.16 bits per heavy atom. The van der Waals surface area contributed by atoms with Gasteiger partial charge in [0.25, 0.3) is 0 Å². The number of rotatable bonds is 7. The Hall–Kier alpha value is -2.11. The van der Waals surface area contributed by atoms with Crippen LogP contribution in [0.2, 0.25) is 0 Å². The van der Waals surface area contributed by atoms with Crippen LogP contribution in [0.4, 0.5) is 0 Å². The number of carbonyl (C=O) groups excluding carboxylic acids is 3. The summed E-state index contributed by atoms with van der Waals surface area (Å²) in [5.74, 6) is -0.425. The van der Waals surface area contributed by atoms with Gasteiger partial charge in [-0.25, -0.2) is 4.79 Å². The number of esters is 1. The lowest BCUT2D eigenvalue weighted by molar-refractivity contribution is -0.133. The standard InChI is InChI=1S/C19H30N2O4/c1-9-21(15(22)10-11(2)3)14(6)18(23)16-12(4)17(19(24)25-8)20(7)13(16)5/h11,14H,9-10H2,1-8H3. The van der Waals surface area contributed by atoms with Gasteiger partial charge < -0.3 is 14.2 Å². The molecule has 0 bridgehead atoms. The molecule has 0 saturated carbocycles. The highest BCUT2D eigenvalue weighted by Crippen LogP contribution is 2.24. The normalized spacial score (nSPS) is 12.2. The summed E-state index contributed by atoms with van der Waals surface area (Å²) < 4.78 is 6.50. The molecule has 0 aliphatic rings. The van der Waals surface area contributed by atoms with Crippen LogP contribution in [-0.4, -0.2) is 46.8 Å². The average Bonchev–Trinajstić information content (AvgIpc) is 2.75. The molecule has 140 valence electrons. The third-order valence-electron chi connectivity index (χ3n) is 4.65. The molecule has 1 atom stereocenters. The van der Waals surface area contributed by atoms with Crippen molar-refractivity contribution in [1.82, 2.24) is 9.47 Å². The molecule has 0 aliphatic heterocycles. The Kier molecular flexibility index (Phi) is 6.96. The van der Waals surface area contributed by atoms with Crippen LogP contribution in [0.25, 0.3) is 0 Å². The van der Waals surface area contributed by atoms with Crippen LogP contribution in [0.5, 0.6) is 0 Å². The number of ketones is 1. The molecule has 0 saturated heterocycles. The number of aromatic nitrogens is 1. The fraction of sp³-hybridized carbons (Fsp3) is 0.632. The van der Waals surface area contributed by atoms with Gasteiger partial charge in [0.2, 0.25) is 5.91 Å². The zero-order valence-electron chi connectivity index (χ0n) is 16.6. The smallest absolute Gasteiger partial charge is 0.354 e. The Labute approximate surface area is 150 Å². The first kappa shape index (κ1) is 20.9. The molecule has 1 rings (SSSR count). The second-order valence-corrected chi connectivity index (χ2v) is 6.80. The van der Waals surface area contributed by atoms with Gasteiger partial charge >= 0.3 is 5.97 Å². The number of nitrogens with zero attached hydrogens (tertiary/aromatic N) is 2. The van der Waals surface area contributed by atoms with Gasteiger partial charge in [-0.05, 0) is 39.2 Å². The maximum absolute atomic E-state index is 13.1. The van der Waals surface area contributed by atoms with Crippen molar-refractivity contribution in [2.24, 2.45) is 13.0 Å². The van der Waals surface area contributed by atoms with Crippen LogP contribution in [0.15, 0.2) is 0 Å². The zero-order chi connectivity index (χ0) is 19.5. The van der Waals surface area contributed by atoms with E-state index >= 15 is 0 Å². The molecule has 0 radical (unpaired) electrons. The number of likely N-dealkylation sites (N-methyl/N-ethyl adjacent to an activating group) is 1. The van der Waals surface area contributed by atoms with Gasteiger partial charge in [-0.2, -0.15) is 0 Å². The minimum absolute atomic E-state index is 0.0298. The fourth-order valence-electron chi connectivity index (χ4n) is 3.21. The molecule has 1 unspecified atom stereocenters. The highest BCUT2D eigenvalue weighted by atomic mass is 16.5. The molecule has 25 heavy (non-hydrogen) atoms. The number of amides is 1. The molecule has 0 spiro atoms. The Balaban J connectivity index is 3.26. The maximum atomic E-state index is 13.1. The predicted octanol–water partition coefficient (Wildman–Crippen LogP) is 2.89. The van der Waals surface area contributed by atoms with Gasteiger partial charge in [-0.15, -0.1) is 0 Å². The van der Waals surface area contributed by atoms with Crippen molar-refractivity contribution in [3.63, 3.8) is 0 Å². The molecule has 1 amide bonds. The van der Waals surface area contributed by atoms with Crippen LogP contribution < -0.4 is 0 Å². The van der Waals surface area contributed by atoms with Gasteiger partial charge in [0.15, 0.2) is 5.78 Å². The van der Waals surface area contributed by atoms with Gasteiger partial charge in [0.1, 0.15) is 5.69 Å². The van der Waals surface area contributed by atoms with E-state index in [1.165, 1.54) is 7.11 Å². The van der Waals surface area contributed by atoms with Crippen molar-refractivity contribution in [2.75, 3.05) is 13.7 Å². The van der Waals surface area contributed by atoms with Gasteiger partial charge in [-0.3, -0.25) is 9.59 Å². The minimum atomic E-state index is -0.582. The lowest BCUT2D eigenvalue weighted by Gasteiger charge is -2.28. The van der Waals surface area contributed by atoms with Gasteiger partial charge in [-0.1, -0.05) is 13.8 Å². The molecule has 1 aromatic heterocycles. The topological polar surface area (TPSA) is 68.6 Å². The summed E-state index contributed by atoms with van der Waals surface area (Å²) in [5.41, 5.74) is 2.15. The fourth-order valence-corrected chi connectivity index (χ4v) is 3.21. The number of methoxy groups -OCH3 is 1. The first-order chi connectivity index (χ1) is 11.6. The highest BCUT2D eigenvalue weighted by molar-refractivity contribution is 6.06. The quantitative estimate of drug-likeness (QED) is 0.560. The van der Waals surface area contributed by atoms with E-state index in [2.05, 4.69) is 0 Å². The van der Waals surface area contributed by atoms with Crippen LogP contribution in [0.3, 0.4) is 0 Å². The second kappa shape index (κ2) is 8.32. The number of ether oxygens (including phenoxy) is 1. The van der Waals surface area contributed by atoms with Crippen LogP contribution in [-0.2, 0) is 16.6 Å². The molecule has 6 heteroatoms. The molecule has 0 fully saturated rings. The van der Waals surface area contributed by atoms with Crippen molar-refractivity contribution in [1.29, 1.82) is 0 Å². The number of carbonyl (C=O) groups is 3. The van der Waals surface area contributed by atoms with E-state index in [9.17, 15) is 14.4 Å². The summed E-state index contributed by atoms with van der Waals surface area (Å²) in [4.78, 5) is 39.2. The average molecular weight is 350 g/mol. The minimum Gasteiger partial charge on any atom is -0.464 e. The van der Waals surface area contributed by atoms with Gasteiger partial charge in [0, 0.05) is 31.3 Å². The molecular weight excluding hydrogens is 320 g/mol. The van der Waals surface area contributed by atoms with Crippen LogP contribution >= 0.6 is 0 Å². The second-order valence-electron chi connectivity index (χ2n) is 6.80. The molecule has 0 aliphatic carbocycles. The van der Waals surface area contributed by atoms with Gasteiger partial charge in [0.05, 0.1) is 13.2 Å². The largest absolute Gasteiger partial charge is 0.464 e. The van der Waals surface area contributed by atoms with E-state index in [0.717, 1.165) is 0 Å². The van der Waals surface area contributed by atoms with E-state index in [1.54, 1.807) is 37.3 Å². The predicted molar refractivity (Wildman–Crippen MR) is 96.9 cm³/mol. The molecule has 1 aromatic rings. The van der Waals surface area contributed by atoms with Crippen molar-refractivity contribution in [2.45, 2.75) is 54.0 Å². The molecule has 1 heterocycles. The monoisotopic (exact) mass is 350 g/mol. The molecule has 6 nitrogen and oxygen atoms in total. The van der Waals surface area contributed by atoms with Crippen molar-refractivity contribution in [3.05, 3.63) is 22.5 Å². The zero-order valence-corrected chi connectivity index (χ0v) is 16.6. The van der Waals surface area contributed by atoms with E-state index < -0.39 is 12.0 Å². The lowest BCUT2D eigenvalue weighted by Crippen LogP contribution is -2.43. The lowest BCUT2D eigenvalue weighted by atomic mass is 9.99. The van der Waals surface area contributed by atoms with Crippen LogP contribution in [0.1, 0.15) is 66.2 Å². The van der Waals surface area contributed by atoms with E-state index in [0.29, 0.717) is 35.5 Å². The summed E-state index contributed by atoms with van der Waals surface area (Å²) >= 11 is 0. The first-order valence-corrected chi connectivity index (χ1v) is 8.66. The summed E-state index contributed by atoms with van der Waals surface area (Å²) in [6.45, 7) is 11.6. The Morgan fingerprint density at radius 3 is 2.16 bits per heavy atom. The SMILES string of the molecule is CCN(C(=O)CC(C)C)C(C)C(=O)c1c(C)c(C(=O)OC)n(C)c1C. The summed E-state index contributed by atoms with van der Waals surface area (Å²) in [5, 5.41) is 0. The van der Waals surface area contributed by atoms with Crippen molar-refractivity contribution < 1.29 is 19.1 Å². The number of Topliss-reactive ketones (excluding diaryl/α,β-unsaturated/α-hetero) is 1. The van der Waals surface area contributed by atoms with E-state index in [1.807, 2.05) is 20.8 Å². The molecular formula is C19H30N2O4. The van der Waals surface area contributed by atoms with E-state index in [4.69, 9.17) is 4.74 Å². The summed E-state index contributed by atoms with van der Waals surface area (Å²) in [6, 6.07) is -0.582. The van der Waals surface area contributed by atoms with Crippen molar-refractivity contribution in [3.8, 4) is 0 Å². The highest BCUT2D eigenvalue weighted by Gasteiger charge is 2.31. The van der Waals surface area contributed by atoms with Crippen molar-refractivity contribution >= 4 is 17.7 Å². The summed E-state index contributed by atoms with van der Waals surface area (Å²) in [7, 11) is 3.05. The number of hydrogen-bond acceptors (Lipinski definition) is 4. The Bertz CT molecular complexity index is 673. The van der Waals surface area contributed by atoms with Crippen LogP contribution in [0, 0.1) is 19.8 Å². The first-order valence-electron chi connectivity index (χ1n) is 8.66. The third kappa shape index (κ3) is 4.11.